The van der Waals surface area contributed by atoms with Gasteiger partial charge < -0.3 is 5.32 Å². The molecule has 1 fully saturated rings. The fraction of sp³-hybridized carbons (Fsp3) is 0.357. The summed E-state index contributed by atoms with van der Waals surface area (Å²) in [5, 5.41) is 15.2. The molecular weight excluding hydrogens is 274 g/mol. The van der Waals surface area contributed by atoms with Crippen LogP contribution in [0.2, 0.25) is 0 Å². The van der Waals surface area contributed by atoms with Gasteiger partial charge in [0.1, 0.15) is 5.69 Å². The molecular formula is C14H15N3O2S. The molecule has 5 nitrogen and oxygen atoms in total. The number of anilines is 1. The van der Waals surface area contributed by atoms with Crippen molar-refractivity contribution in [3.8, 4) is 0 Å². The van der Waals surface area contributed by atoms with Crippen molar-refractivity contribution in [2.75, 3.05) is 18.1 Å². The number of benzene rings is 1. The van der Waals surface area contributed by atoms with Crippen molar-refractivity contribution in [2.24, 2.45) is 0 Å². The summed E-state index contributed by atoms with van der Waals surface area (Å²) in [6.07, 6.45) is 6.08. The Bertz CT molecular complexity index is 671. The molecule has 20 heavy (non-hydrogen) atoms. The summed E-state index contributed by atoms with van der Waals surface area (Å²) < 4.78 is 0.262. The first-order chi connectivity index (χ1) is 9.65. The van der Waals surface area contributed by atoms with Crippen molar-refractivity contribution in [1.29, 1.82) is 0 Å². The van der Waals surface area contributed by atoms with Gasteiger partial charge in [-0.15, -0.1) is 0 Å². The second kappa shape index (κ2) is 4.94. The molecule has 0 saturated heterocycles. The summed E-state index contributed by atoms with van der Waals surface area (Å²) >= 11 is 1.83. The normalized spacial score (nSPS) is 16.1. The molecule has 1 N–H and O–H groups in total. The third-order valence-corrected chi connectivity index (χ3v) is 5.20. The Kier molecular flexibility index (Phi) is 3.25. The lowest BCUT2D eigenvalue weighted by atomic mass is 10.1. The van der Waals surface area contributed by atoms with Gasteiger partial charge >= 0.3 is 5.69 Å². The van der Waals surface area contributed by atoms with E-state index in [2.05, 4.69) is 16.6 Å². The van der Waals surface area contributed by atoms with Crippen LogP contribution in [0.5, 0.6) is 0 Å². The highest BCUT2D eigenvalue weighted by Crippen LogP contribution is 2.47. The maximum absolute atomic E-state index is 11.4. The standard InChI is InChI=1S/C14H15N3O2S/c1-20-14(6-7-14)9-16-12-5-4-11-10(3-2-8-15-11)13(12)17(18)19/h2-5,8,16H,6-7,9H2,1H3. The van der Waals surface area contributed by atoms with E-state index < -0.39 is 0 Å². The van der Waals surface area contributed by atoms with Crippen molar-refractivity contribution in [1.82, 2.24) is 4.98 Å². The Morgan fingerprint density at radius 2 is 2.25 bits per heavy atom. The zero-order valence-electron chi connectivity index (χ0n) is 11.1. The summed E-state index contributed by atoms with van der Waals surface area (Å²) in [6, 6.07) is 7.05. The highest BCUT2D eigenvalue weighted by Gasteiger charge is 2.41. The third kappa shape index (κ3) is 2.31. The van der Waals surface area contributed by atoms with Crippen molar-refractivity contribution >= 4 is 34.0 Å². The van der Waals surface area contributed by atoms with E-state index in [9.17, 15) is 10.1 Å². The van der Waals surface area contributed by atoms with Crippen LogP contribution in [0.3, 0.4) is 0 Å². The molecule has 0 aliphatic heterocycles. The molecule has 0 unspecified atom stereocenters. The second-order valence-electron chi connectivity index (χ2n) is 5.03. The van der Waals surface area contributed by atoms with Crippen LogP contribution in [0.1, 0.15) is 12.8 Å². The molecule has 1 aliphatic rings. The van der Waals surface area contributed by atoms with Crippen LogP contribution in [-0.2, 0) is 0 Å². The van der Waals surface area contributed by atoms with Crippen LogP contribution in [0.15, 0.2) is 30.5 Å². The average Bonchev–Trinajstić information content (AvgIpc) is 3.24. The maximum Gasteiger partial charge on any atom is 0.301 e. The lowest BCUT2D eigenvalue weighted by molar-refractivity contribution is -0.382. The van der Waals surface area contributed by atoms with Gasteiger partial charge in [0.05, 0.1) is 15.8 Å². The zero-order valence-corrected chi connectivity index (χ0v) is 11.9. The highest BCUT2D eigenvalue weighted by atomic mass is 32.2. The van der Waals surface area contributed by atoms with E-state index in [1.54, 1.807) is 24.4 Å². The molecule has 0 radical (unpaired) electrons. The minimum absolute atomic E-state index is 0.118. The van der Waals surface area contributed by atoms with E-state index in [0.717, 1.165) is 6.54 Å². The number of nitro groups is 1. The molecule has 1 aliphatic carbocycles. The molecule has 3 rings (SSSR count). The Morgan fingerprint density at radius 1 is 1.45 bits per heavy atom. The zero-order chi connectivity index (χ0) is 14.2. The summed E-state index contributed by atoms with van der Waals surface area (Å²) in [5.41, 5.74) is 1.35. The minimum Gasteiger partial charge on any atom is -0.378 e. The first kappa shape index (κ1) is 13.2. The van der Waals surface area contributed by atoms with E-state index in [0.29, 0.717) is 16.6 Å². The molecule has 0 bridgehead atoms. The number of rotatable bonds is 5. The smallest absolute Gasteiger partial charge is 0.301 e. The first-order valence-electron chi connectivity index (χ1n) is 6.46. The van der Waals surface area contributed by atoms with Gasteiger partial charge in [0.25, 0.3) is 0 Å². The summed E-state index contributed by atoms with van der Waals surface area (Å²) in [6.45, 7) is 0.765. The molecule has 1 saturated carbocycles. The number of hydrogen-bond acceptors (Lipinski definition) is 5. The van der Waals surface area contributed by atoms with Gasteiger partial charge in [-0.3, -0.25) is 15.1 Å². The van der Waals surface area contributed by atoms with Crippen molar-refractivity contribution in [3.63, 3.8) is 0 Å². The number of nitro benzene ring substituents is 1. The van der Waals surface area contributed by atoms with Gasteiger partial charge in [0, 0.05) is 17.5 Å². The third-order valence-electron chi connectivity index (χ3n) is 3.78. The molecule has 104 valence electrons. The molecule has 6 heteroatoms. The number of thioether (sulfide) groups is 1. The van der Waals surface area contributed by atoms with E-state index in [-0.39, 0.29) is 15.4 Å². The topological polar surface area (TPSA) is 68.1 Å². The van der Waals surface area contributed by atoms with Gasteiger partial charge in [-0.2, -0.15) is 11.8 Å². The van der Waals surface area contributed by atoms with Crippen molar-refractivity contribution in [2.45, 2.75) is 17.6 Å². The van der Waals surface area contributed by atoms with Crippen molar-refractivity contribution < 1.29 is 4.92 Å². The maximum atomic E-state index is 11.4. The van der Waals surface area contributed by atoms with E-state index in [4.69, 9.17) is 0 Å². The second-order valence-corrected chi connectivity index (χ2v) is 6.30. The largest absolute Gasteiger partial charge is 0.378 e. The number of aromatic nitrogens is 1. The highest BCUT2D eigenvalue weighted by molar-refractivity contribution is 8.00. The van der Waals surface area contributed by atoms with Crippen LogP contribution in [-0.4, -0.2) is 27.5 Å². The fourth-order valence-corrected chi connectivity index (χ4v) is 3.05. The van der Waals surface area contributed by atoms with Gasteiger partial charge in [0.15, 0.2) is 0 Å². The molecule has 1 aromatic carbocycles. The monoisotopic (exact) mass is 289 g/mol. The molecule has 1 heterocycles. The number of fused-ring (bicyclic) bond motifs is 1. The average molecular weight is 289 g/mol. The quantitative estimate of drug-likeness (QED) is 0.674. The first-order valence-corrected chi connectivity index (χ1v) is 7.69. The number of nitrogens with one attached hydrogen (secondary N) is 1. The van der Waals surface area contributed by atoms with Crippen LogP contribution >= 0.6 is 11.8 Å². The van der Waals surface area contributed by atoms with E-state index >= 15 is 0 Å². The SMILES string of the molecule is CSC1(CNc2ccc3ncccc3c2[N+](=O)[O-])CC1. The van der Waals surface area contributed by atoms with E-state index in [1.807, 2.05) is 17.8 Å². The summed E-state index contributed by atoms with van der Waals surface area (Å²) in [4.78, 5) is 15.2. The Hall–Kier alpha value is -1.82. The van der Waals surface area contributed by atoms with Crippen LogP contribution < -0.4 is 5.32 Å². The number of hydrogen-bond donors (Lipinski definition) is 1. The van der Waals surface area contributed by atoms with Crippen molar-refractivity contribution in [3.05, 3.63) is 40.6 Å². The van der Waals surface area contributed by atoms with Gasteiger partial charge in [-0.25, -0.2) is 0 Å². The van der Waals surface area contributed by atoms with Gasteiger partial charge in [0.2, 0.25) is 0 Å². The number of pyridine rings is 1. The van der Waals surface area contributed by atoms with E-state index in [1.165, 1.54) is 12.8 Å². The summed E-state index contributed by atoms with van der Waals surface area (Å²) in [7, 11) is 0. The Morgan fingerprint density at radius 3 is 2.90 bits per heavy atom. The molecule has 0 spiro atoms. The molecule has 2 aromatic rings. The minimum atomic E-state index is -0.328. The number of nitrogens with zero attached hydrogens (tertiary/aromatic N) is 2. The lowest BCUT2D eigenvalue weighted by Gasteiger charge is -2.14. The van der Waals surface area contributed by atoms with Crippen LogP contribution in [0.25, 0.3) is 10.9 Å². The van der Waals surface area contributed by atoms with Gasteiger partial charge in [-0.05, 0) is 43.4 Å². The molecule has 0 amide bonds. The summed E-state index contributed by atoms with van der Waals surface area (Å²) in [5.74, 6) is 0. The predicted molar refractivity (Wildman–Crippen MR) is 82.4 cm³/mol. The Balaban J connectivity index is 1.97. The predicted octanol–water partition coefficient (Wildman–Crippen LogP) is 3.45. The molecule has 0 atom stereocenters. The Labute approximate surface area is 120 Å². The van der Waals surface area contributed by atoms with Gasteiger partial charge in [-0.1, -0.05) is 0 Å². The fourth-order valence-electron chi connectivity index (χ4n) is 2.33. The lowest BCUT2D eigenvalue weighted by Crippen LogP contribution is -2.18. The molecule has 1 aromatic heterocycles. The van der Waals surface area contributed by atoms with Crippen LogP contribution in [0.4, 0.5) is 11.4 Å². The van der Waals surface area contributed by atoms with Crippen LogP contribution in [0, 0.1) is 10.1 Å².